The quantitative estimate of drug-likeness (QED) is 0.565. The number of H-pyrrole nitrogens is 1. The van der Waals surface area contributed by atoms with Gasteiger partial charge in [0.05, 0.1) is 6.20 Å². The number of carbonyl (C=O) groups excluding carboxylic acids is 1. The van der Waals surface area contributed by atoms with Gasteiger partial charge in [0.1, 0.15) is 6.10 Å². The first kappa shape index (κ1) is 26.6. The highest BCUT2D eigenvalue weighted by Crippen LogP contribution is 2.68. The van der Waals surface area contributed by atoms with Crippen molar-refractivity contribution in [3.8, 4) is 0 Å². The molecule has 7 nitrogen and oxygen atoms in total. The van der Waals surface area contributed by atoms with Gasteiger partial charge < -0.3 is 9.84 Å². The van der Waals surface area contributed by atoms with Gasteiger partial charge >= 0.3 is 11.8 Å². The third kappa shape index (κ3) is 4.51. The van der Waals surface area contributed by atoms with E-state index in [0.29, 0.717) is 33.9 Å². The highest BCUT2D eigenvalue weighted by atomic mass is 19.1. The SMILES string of the molecule is C[C@H](CCCO)[C@H]1CC[C@H]2[C@@H]3CCC4CC(OC(=O)n5cc(F)c(=O)[nH]c5=O)CC[C@]4(C)[C@H]3CC[C@]12C. The van der Waals surface area contributed by atoms with Crippen LogP contribution in [0.1, 0.15) is 91.4 Å². The normalized spacial score (nSPS) is 39.8. The van der Waals surface area contributed by atoms with E-state index in [4.69, 9.17) is 4.74 Å². The molecular weight excluding hydrogens is 475 g/mol. The summed E-state index contributed by atoms with van der Waals surface area (Å²) in [5.41, 5.74) is -1.49. The standard InChI is InChI=1S/C29H43FN2O5/c1-17(5-4-14-33)21-8-9-22-20-7-6-18-15-19(10-12-28(18,2)23(20)11-13-29(21,22)3)37-27(36)32-16-24(30)25(34)31-26(32)35/h16-23,33H,4-15H2,1-3H3,(H,31,34,35)/t17-,18?,19?,20+,21-,22+,23+,28+,29-/m1/s1. The summed E-state index contributed by atoms with van der Waals surface area (Å²) < 4.78 is 19.8. The van der Waals surface area contributed by atoms with Crippen molar-refractivity contribution in [3.63, 3.8) is 0 Å². The Morgan fingerprint density at radius 2 is 1.86 bits per heavy atom. The number of nitrogens with zero attached hydrogens (tertiary/aromatic N) is 1. The zero-order chi connectivity index (χ0) is 26.5. The van der Waals surface area contributed by atoms with Crippen molar-refractivity contribution in [2.24, 2.45) is 46.3 Å². The van der Waals surface area contributed by atoms with Crippen LogP contribution in [0.3, 0.4) is 0 Å². The molecule has 0 radical (unpaired) electrons. The Morgan fingerprint density at radius 1 is 1.14 bits per heavy atom. The van der Waals surface area contributed by atoms with Crippen molar-refractivity contribution in [2.45, 2.75) is 97.5 Å². The Bertz CT molecular complexity index is 1130. The number of aromatic amines is 1. The molecule has 2 N–H and O–H groups in total. The lowest BCUT2D eigenvalue weighted by Gasteiger charge is -2.61. The number of ether oxygens (including phenoxy) is 1. The first-order valence-corrected chi connectivity index (χ1v) is 14.4. The second kappa shape index (κ2) is 9.97. The van der Waals surface area contributed by atoms with Crippen LogP contribution in [-0.4, -0.2) is 33.5 Å². The van der Waals surface area contributed by atoms with Crippen LogP contribution in [0, 0.1) is 52.2 Å². The zero-order valence-corrected chi connectivity index (χ0v) is 22.5. The van der Waals surface area contributed by atoms with Gasteiger partial charge in [-0.3, -0.25) is 9.78 Å². The number of aliphatic hydroxyl groups is 1. The van der Waals surface area contributed by atoms with Crippen molar-refractivity contribution < 1.29 is 19.0 Å². The van der Waals surface area contributed by atoms with Crippen LogP contribution in [0.15, 0.2) is 15.8 Å². The molecule has 206 valence electrons. The second-order valence-electron chi connectivity index (χ2n) is 13.1. The maximum atomic E-state index is 13.6. The lowest BCUT2D eigenvalue weighted by Crippen LogP contribution is -2.54. The molecule has 0 aliphatic heterocycles. The van der Waals surface area contributed by atoms with Gasteiger partial charge in [0.25, 0.3) is 5.56 Å². The number of halogens is 1. The van der Waals surface area contributed by atoms with Gasteiger partial charge in [0, 0.05) is 6.61 Å². The third-order valence-corrected chi connectivity index (χ3v) is 11.6. The van der Waals surface area contributed by atoms with Gasteiger partial charge in [-0.05, 0) is 117 Å². The Balaban J connectivity index is 1.26. The molecule has 4 aliphatic rings. The van der Waals surface area contributed by atoms with Crippen LogP contribution >= 0.6 is 0 Å². The van der Waals surface area contributed by atoms with E-state index in [1.165, 1.54) is 32.1 Å². The lowest BCUT2D eigenvalue weighted by atomic mass is 9.44. The van der Waals surface area contributed by atoms with E-state index in [1.807, 2.05) is 4.98 Å². The van der Waals surface area contributed by atoms with Crippen LogP contribution in [0.4, 0.5) is 9.18 Å². The van der Waals surface area contributed by atoms with Crippen molar-refractivity contribution in [3.05, 3.63) is 32.9 Å². The summed E-state index contributed by atoms with van der Waals surface area (Å²) in [6, 6.07) is 0. The van der Waals surface area contributed by atoms with Crippen LogP contribution in [-0.2, 0) is 4.74 Å². The Kier molecular flexibility index (Phi) is 7.18. The second-order valence-corrected chi connectivity index (χ2v) is 13.1. The lowest BCUT2D eigenvalue weighted by molar-refractivity contribution is -0.129. The average molecular weight is 519 g/mol. The van der Waals surface area contributed by atoms with Crippen molar-refractivity contribution in [1.29, 1.82) is 0 Å². The average Bonchev–Trinajstić information content (AvgIpc) is 3.22. The van der Waals surface area contributed by atoms with Gasteiger partial charge in [-0.15, -0.1) is 0 Å². The summed E-state index contributed by atoms with van der Waals surface area (Å²) in [6.45, 7) is 7.72. The summed E-state index contributed by atoms with van der Waals surface area (Å²) in [7, 11) is 0. The van der Waals surface area contributed by atoms with Crippen LogP contribution in [0.25, 0.3) is 0 Å². The Hall–Kier alpha value is -1.96. The molecule has 0 saturated heterocycles. The molecular formula is C29H43FN2O5. The summed E-state index contributed by atoms with van der Waals surface area (Å²) in [5, 5.41) is 9.33. The fraction of sp³-hybridized carbons (Fsp3) is 0.828. The van der Waals surface area contributed by atoms with Crippen LogP contribution in [0.5, 0.6) is 0 Å². The third-order valence-electron chi connectivity index (χ3n) is 11.6. The topological polar surface area (TPSA) is 101 Å². The minimum absolute atomic E-state index is 0.231. The van der Waals surface area contributed by atoms with Crippen molar-refractivity contribution in [1.82, 2.24) is 9.55 Å². The first-order valence-electron chi connectivity index (χ1n) is 14.4. The molecule has 5 rings (SSSR count). The molecule has 0 bridgehead atoms. The molecule has 0 amide bonds. The number of aliphatic hydroxyl groups excluding tert-OH is 1. The highest BCUT2D eigenvalue weighted by Gasteiger charge is 2.60. The molecule has 37 heavy (non-hydrogen) atoms. The molecule has 1 heterocycles. The number of carbonyl (C=O) groups is 1. The van der Waals surface area contributed by atoms with Gasteiger partial charge in [-0.1, -0.05) is 20.8 Å². The van der Waals surface area contributed by atoms with Crippen LogP contribution < -0.4 is 11.2 Å². The molecule has 0 spiro atoms. The number of hydrogen-bond donors (Lipinski definition) is 2. The molecule has 4 saturated carbocycles. The first-order chi connectivity index (χ1) is 17.6. The van der Waals surface area contributed by atoms with Gasteiger partial charge in [-0.25, -0.2) is 14.2 Å². The van der Waals surface area contributed by atoms with Crippen molar-refractivity contribution in [2.75, 3.05) is 6.61 Å². The van der Waals surface area contributed by atoms with E-state index >= 15 is 0 Å². The molecule has 4 aliphatic carbocycles. The van der Waals surface area contributed by atoms with E-state index in [2.05, 4.69) is 20.8 Å². The summed E-state index contributed by atoms with van der Waals surface area (Å²) in [4.78, 5) is 37.7. The maximum absolute atomic E-state index is 13.6. The van der Waals surface area contributed by atoms with Crippen LogP contribution in [0.2, 0.25) is 0 Å². The van der Waals surface area contributed by atoms with Gasteiger partial charge in [0.2, 0.25) is 5.82 Å². The van der Waals surface area contributed by atoms with E-state index in [-0.39, 0.29) is 18.1 Å². The molecule has 1 aromatic rings. The minimum Gasteiger partial charge on any atom is -0.445 e. The summed E-state index contributed by atoms with van der Waals surface area (Å²) >= 11 is 0. The number of fused-ring (bicyclic) bond motifs is 5. The summed E-state index contributed by atoms with van der Waals surface area (Å²) in [5.74, 6) is 2.94. The fourth-order valence-corrected chi connectivity index (χ4v) is 9.70. The predicted molar refractivity (Wildman–Crippen MR) is 138 cm³/mol. The fourth-order valence-electron chi connectivity index (χ4n) is 9.70. The van der Waals surface area contributed by atoms with E-state index in [9.17, 15) is 23.9 Å². The van der Waals surface area contributed by atoms with E-state index in [0.717, 1.165) is 56.3 Å². The summed E-state index contributed by atoms with van der Waals surface area (Å²) in [6.07, 6.45) is 11.5. The minimum atomic E-state index is -1.19. The monoisotopic (exact) mass is 518 g/mol. The zero-order valence-electron chi connectivity index (χ0n) is 22.5. The van der Waals surface area contributed by atoms with Gasteiger partial charge in [-0.2, -0.15) is 4.39 Å². The molecule has 2 unspecified atom stereocenters. The number of hydrogen-bond acceptors (Lipinski definition) is 5. The van der Waals surface area contributed by atoms with E-state index in [1.54, 1.807) is 0 Å². The number of rotatable bonds is 5. The molecule has 8 heteroatoms. The largest absolute Gasteiger partial charge is 0.445 e. The van der Waals surface area contributed by atoms with E-state index < -0.39 is 23.2 Å². The highest BCUT2D eigenvalue weighted by molar-refractivity contribution is 5.70. The molecule has 1 aromatic heterocycles. The smallest absolute Gasteiger partial charge is 0.422 e. The number of nitrogens with one attached hydrogen (secondary N) is 1. The molecule has 9 atom stereocenters. The Labute approximate surface area is 218 Å². The predicted octanol–water partition coefficient (Wildman–Crippen LogP) is 5.10. The van der Waals surface area contributed by atoms with Crippen molar-refractivity contribution >= 4 is 6.09 Å². The Morgan fingerprint density at radius 3 is 2.62 bits per heavy atom. The molecule has 0 aromatic carbocycles. The maximum Gasteiger partial charge on any atom is 0.422 e. The molecule has 4 fully saturated rings. The van der Waals surface area contributed by atoms with Gasteiger partial charge in [0.15, 0.2) is 0 Å². The number of aromatic nitrogens is 2.